The number of hydrogen-bond acceptors (Lipinski definition) is 4. The first-order valence-corrected chi connectivity index (χ1v) is 10.6. The van der Waals surface area contributed by atoms with Crippen LogP contribution in [0.5, 0.6) is 0 Å². The summed E-state index contributed by atoms with van der Waals surface area (Å²) in [6.07, 6.45) is 3.13. The Kier molecular flexibility index (Phi) is 5.69. The molecule has 166 valence electrons. The van der Waals surface area contributed by atoms with Crippen molar-refractivity contribution >= 4 is 23.2 Å². The normalized spacial score (nSPS) is 10.6. The molecule has 4 N–H and O–H groups in total. The third-order valence-electron chi connectivity index (χ3n) is 5.31. The number of nitrogens with one attached hydrogen (secondary N) is 4. The quantitative estimate of drug-likeness (QED) is 0.293. The summed E-state index contributed by atoms with van der Waals surface area (Å²) >= 11 is 0. The number of hydrogen-bond donors (Lipinski definition) is 4. The zero-order valence-electron chi connectivity index (χ0n) is 17.9. The lowest BCUT2D eigenvalue weighted by molar-refractivity contribution is 0.101. The molecule has 0 aliphatic heterocycles. The smallest absolute Gasteiger partial charge is 0.255 e. The topological polar surface area (TPSA) is 116 Å². The second kappa shape index (κ2) is 9.25. The van der Waals surface area contributed by atoms with E-state index in [-0.39, 0.29) is 11.8 Å². The average molecular weight is 448 g/mol. The Morgan fingerprint density at radius 3 is 1.32 bits per heavy atom. The van der Waals surface area contributed by atoms with Crippen LogP contribution in [0.1, 0.15) is 20.7 Å². The Bertz CT molecular complexity index is 1310. The summed E-state index contributed by atoms with van der Waals surface area (Å²) in [7, 11) is 0. The number of rotatable bonds is 6. The summed E-state index contributed by atoms with van der Waals surface area (Å²) in [4.78, 5) is 25.5. The molecule has 2 heterocycles. The minimum Gasteiger partial charge on any atom is -0.319 e. The fourth-order valence-corrected chi connectivity index (χ4v) is 3.57. The first kappa shape index (κ1) is 20.9. The van der Waals surface area contributed by atoms with Gasteiger partial charge < -0.3 is 10.6 Å². The van der Waals surface area contributed by atoms with Crippen LogP contribution >= 0.6 is 0 Å². The van der Waals surface area contributed by atoms with Gasteiger partial charge in [-0.1, -0.05) is 60.7 Å². The highest BCUT2D eigenvalue weighted by molar-refractivity contribution is 6.08. The number of H-pyrrole nitrogens is 2. The Morgan fingerprint density at radius 2 is 0.941 bits per heavy atom. The van der Waals surface area contributed by atoms with Crippen molar-refractivity contribution in [1.82, 2.24) is 20.4 Å². The fourth-order valence-electron chi connectivity index (χ4n) is 3.57. The van der Waals surface area contributed by atoms with Crippen molar-refractivity contribution in [1.29, 1.82) is 0 Å². The highest BCUT2D eigenvalue weighted by atomic mass is 16.2. The van der Waals surface area contributed by atoms with Crippen molar-refractivity contribution in [3.8, 4) is 22.5 Å². The van der Waals surface area contributed by atoms with E-state index in [0.29, 0.717) is 22.5 Å². The van der Waals surface area contributed by atoms with E-state index in [9.17, 15) is 9.59 Å². The molecule has 2 amide bonds. The van der Waals surface area contributed by atoms with E-state index in [1.54, 1.807) is 36.7 Å². The molecule has 0 saturated carbocycles. The lowest BCUT2D eigenvalue weighted by Crippen LogP contribution is -2.14. The molecular weight excluding hydrogens is 428 g/mol. The van der Waals surface area contributed by atoms with Crippen LogP contribution in [0.4, 0.5) is 11.4 Å². The molecular formula is C26H20N6O2. The summed E-state index contributed by atoms with van der Waals surface area (Å²) in [6.45, 7) is 0. The highest BCUT2D eigenvalue weighted by Crippen LogP contribution is 2.26. The maximum atomic E-state index is 12.8. The van der Waals surface area contributed by atoms with Crippen LogP contribution in [0.2, 0.25) is 0 Å². The highest BCUT2D eigenvalue weighted by Gasteiger charge is 2.15. The molecule has 0 atom stereocenters. The number of carbonyl (C=O) groups excluding carboxylic acids is 2. The van der Waals surface area contributed by atoms with E-state index in [1.807, 2.05) is 60.7 Å². The first-order chi connectivity index (χ1) is 16.7. The maximum Gasteiger partial charge on any atom is 0.255 e. The molecule has 8 heteroatoms. The largest absolute Gasteiger partial charge is 0.319 e. The zero-order valence-corrected chi connectivity index (χ0v) is 17.9. The number of anilines is 2. The predicted molar refractivity (Wildman–Crippen MR) is 130 cm³/mol. The minimum atomic E-state index is -0.299. The Morgan fingerprint density at radius 1 is 0.559 bits per heavy atom. The molecule has 0 aliphatic carbocycles. The Hall–Kier alpha value is -4.98. The summed E-state index contributed by atoms with van der Waals surface area (Å²) in [5, 5.41) is 19.7. The van der Waals surface area contributed by atoms with Crippen molar-refractivity contribution in [2.75, 3.05) is 10.6 Å². The van der Waals surface area contributed by atoms with E-state index in [4.69, 9.17) is 0 Å². The van der Waals surface area contributed by atoms with Gasteiger partial charge in [-0.25, -0.2) is 0 Å². The fraction of sp³-hybridized carbons (Fsp3) is 0. The van der Waals surface area contributed by atoms with Crippen LogP contribution < -0.4 is 10.6 Å². The summed E-state index contributed by atoms with van der Waals surface area (Å²) in [5.74, 6) is -0.599. The number of nitrogens with zero attached hydrogens (tertiary/aromatic N) is 2. The monoisotopic (exact) mass is 448 g/mol. The molecule has 0 saturated heterocycles. The van der Waals surface area contributed by atoms with Crippen LogP contribution in [0, 0.1) is 0 Å². The summed E-state index contributed by atoms with van der Waals surface area (Å²) in [6, 6.07) is 25.7. The van der Waals surface area contributed by atoms with E-state index in [2.05, 4.69) is 31.0 Å². The Balaban J connectivity index is 1.28. The van der Waals surface area contributed by atoms with Gasteiger partial charge >= 0.3 is 0 Å². The van der Waals surface area contributed by atoms with Gasteiger partial charge in [0.2, 0.25) is 0 Å². The van der Waals surface area contributed by atoms with E-state index < -0.39 is 0 Å². The summed E-state index contributed by atoms with van der Waals surface area (Å²) < 4.78 is 0. The van der Waals surface area contributed by atoms with Crippen LogP contribution in [-0.4, -0.2) is 32.2 Å². The third-order valence-corrected chi connectivity index (χ3v) is 5.31. The molecule has 0 radical (unpaired) electrons. The number of amides is 2. The van der Waals surface area contributed by atoms with Crippen molar-refractivity contribution < 1.29 is 9.59 Å². The molecule has 5 rings (SSSR count). The SMILES string of the molecule is O=C(Nc1cn[nH]c1-c1ccccc1)c1ccc(C(=O)Nc2cn[nH]c2-c2ccccc2)cc1. The molecule has 3 aromatic carbocycles. The van der Waals surface area contributed by atoms with Gasteiger partial charge in [0, 0.05) is 22.3 Å². The van der Waals surface area contributed by atoms with Gasteiger partial charge in [-0.2, -0.15) is 10.2 Å². The molecule has 0 unspecified atom stereocenters. The standard InChI is InChI=1S/C26H20N6O2/c33-25(29-21-15-27-31-23(21)17-7-3-1-4-8-17)19-11-13-20(14-12-19)26(34)30-22-16-28-32-24(22)18-9-5-2-6-10-18/h1-16H,(H,27,31)(H,28,32)(H,29,33)(H,30,34). The second-order valence-corrected chi connectivity index (χ2v) is 7.54. The average Bonchev–Trinajstić information content (AvgIpc) is 3.55. The van der Waals surface area contributed by atoms with Gasteiger partial charge in [0.15, 0.2) is 0 Å². The van der Waals surface area contributed by atoms with Crippen LogP contribution in [-0.2, 0) is 0 Å². The molecule has 0 aliphatic rings. The van der Waals surface area contributed by atoms with Crippen molar-refractivity contribution in [2.45, 2.75) is 0 Å². The predicted octanol–water partition coefficient (Wildman–Crippen LogP) is 4.97. The molecule has 2 aromatic heterocycles. The minimum absolute atomic E-state index is 0.299. The maximum absolute atomic E-state index is 12.8. The number of aromatic amines is 2. The second-order valence-electron chi connectivity index (χ2n) is 7.54. The van der Waals surface area contributed by atoms with E-state index >= 15 is 0 Å². The number of carbonyl (C=O) groups is 2. The van der Waals surface area contributed by atoms with Crippen molar-refractivity contribution in [3.63, 3.8) is 0 Å². The summed E-state index contributed by atoms with van der Waals surface area (Å²) in [5.41, 5.74) is 5.26. The third kappa shape index (κ3) is 4.33. The Labute approximate surface area is 195 Å². The van der Waals surface area contributed by atoms with Gasteiger partial charge in [0.05, 0.1) is 35.2 Å². The molecule has 34 heavy (non-hydrogen) atoms. The van der Waals surface area contributed by atoms with Gasteiger partial charge in [-0.05, 0) is 24.3 Å². The molecule has 0 bridgehead atoms. The van der Waals surface area contributed by atoms with Gasteiger partial charge in [0.1, 0.15) is 0 Å². The van der Waals surface area contributed by atoms with Crippen LogP contribution in [0.15, 0.2) is 97.3 Å². The van der Waals surface area contributed by atoms with E-state index in [1.165, 1.54) is 0 Å². The first-order valence-electron chi connectivity index (χ1n) is 10.6. The van der Waals surface area contributed by atoms with E-state index in [0.717, 1.165) is 22.5 Å². The van der Waals surface area contributed by atoms with Gasteiger partial charge in [-0.3, -0.25) is 19.8 Å². The molecule has 0 fully saturated rings. The zero-order chi connectivity index (χ0) is 23.3. The lowest BCUT2D eigenvalue weighted by atomic mass is 10.1. The van der Waals surface area contributed by atoms with Gasteiger partial charge in [0.25, 0.3) is 11.8 Å². The van der Waals surface area contributed by atoms with Crippen molar-refractivity contribution in [2.24, 2.45) is 0 Å². The number of benzene rings is 3. The molecule has 8 nitrogen and oxygen atoms in total. The van der Waals surface area contributed by atoms with Crippen LogP contribution in [0.25, 0.3) is 22.5 Å². The van der Waals surface area contributed by atoms with Crippen LogP contribution in [0.3, 0.4) is 0 Å². The lowest BCUT2D eigenvalue weighted by Gasteiger charge is -2.08. The van der Waals surface area contributed by atoms with Crippen molar-refractivity contribution in [3.05, 3.63) is 108 Å². The molecule has 5 aromatic rings. The van der Waals surface area contributed by atoms with Gasteiger partial charge in [-0.15, -0.1) is 0 Å². The number of aromatic nitrogens is 4. The molecule has 0 spiro atoms.